The quantitative estimate of drug-likeness (QED) is 0.274. The molecule has 3 rings (SSSR count). The van der Waals surface area contributed by atoms with Gasteiger partial charge in [-0.1, -0.05) is 67.3 Å². The maximum atomic E-state index is 4.76. The van der Waals surface area contributed by atoms with Crippen LogP contribution in [0.4, 0.5) is 0 Å². The van der Waals surface area contributed by atoms with Crippen molar-refractivity contribution in [3.8, 4) is 0 Å². The molecule has 0 N–H and O–H groups in total. The molecule has 4 nitrogen and oxygen atoms in total. The Kier molecular flexibility index (Phi) is 12.1. The van der Waals surface area contributed by atoms with E-state index in [-0.39, 0.29) is 19.1 Å². The van der Waals surface area contributed by atoms with Crippen LogP contribution in [0.25, 0.3) is 17.7 Å². The third kappa shape index (κ3) is 8.55. The average molecular weight is 551 g/mol. The van der Waals surface area contributed by atoms with Crippen LogP contribution >= 0.6 is 20.2 Å². The van der Waals surface area contributed by atoms with Crippen LogP contribution in [0.5, 0.6) is 0 Å². The van der Waals surface area contributed by atoms with Gasteiger partial charge in [0.25, 0.3) is 0 Å². The monoisotopic (exact) mass is 550 g/mol. The second kappa shape index (κ2) is 14.8. The van der Waals surface area contributed by atoms with Crippen molar-refractivity contribution in [2.75, 3.05) is 28.2 Å². The van der Waals surface area contributed by atoms with E-state index in [0.717, 1.165) is 27.4 Å². The van der Waals surface area contributed by atoms with Crippen LogP contribution in [0.1, 0.15) is 24.0 Å². The summed E-state index contributed by atoms with van der Waals surface area (Å²) in [6.07, 6.45) is 12.2. The van der Waals surface area contributed by atoms with Gasteiger partial charge in [0.1, 0.15) is 0 Å². The van der Waals surface area contributed by atoms with Gasteiger partial charge in [-0.25, -0.2) is 9.98 Å². The molecule has 0 spiro atoms. The van der Waals surface area contributed by atoms with E-state index >= 15 is 0 Å². The Morgan fingerprint density at radius 2 is 1.57 bits per heavy atom. The molecule has 1 aliphatic rings. The van der Waals surface area contributed by atoms with Gasteiger partial charge in [-0.05, 0) is 46.2 Å². The fraction of sp³-hybridized carbons (Fsp3) is 0.214. The van der Waals surface area contributed by atoms with Gasteiger partial charge < -0.3 is 9.80 Å². The van der Waals surface area contributed by atoms with Gasteiger partial charge in [0.05, 0.1) is 24.1 Å². The first kappa shape index (κ1) is 28.7. The number of hydrogen-bond donors (Lipinski definition) is 0. The predicted octanol–water partition coefficient (Wildman–Crippen LogP) is 5.40. The van der Waals surface area contributed by atoms with Gasteiger partial charge in [-0.2, -0.15) is 0 Å². The molecule has 0 fully saturated rings. The molecule has 1 atom stereocenters. The van der Waals surface area contributed by atoms with Crippen molar-refractivity contribution in [2.24, 2.45) is 9.98 Å². The fourth-order valence-corrected chi connectivity index (χ4v) is 3.70. The summed E-state index contributed by atoms with van der Waals surface area (Å²) in [5.74, 6) is -0.0524. The zero-order valence-corrected chi connectivity index (χ0v) is 23.4. The van der Waals surface area contributed by atoms with Crippen molar-refractivity contribution in [1.29, 1.82) is 0 Å². The van der Waals surface area contributed by atoms with Gasteiger partial charge in [-0.3, -0.25) is 0 Å². The number of hydrogen-bond acceptors (Lipinski definition) is 2. The molecule has 0 saturated carbocycles. The molecule has 7 heteroatoms. The Bertz CT molecular complexity index is 1240. The number of nitrogens with zero attached hydrogens (tertiary/aromatic N) is 4. The summed E-state index contributed by atoms with van der Waals surface area (Å²) >= 11 is 0.194. The molecule has 1 aliphatic carbocycles. The zero-order chi connectivity index (χ0) is 25.8. The fourth-order valence-electron chi connectivity index (χ4n) is 3.70. The van der Waals surface area contributed by atoms with Crippen LogP contribution in [0.15, 0.2) is 88.6 Å². The first-order valence-corrected chi connectivity index (χ1v) is 14.1. The summed E-state index contributed by atoms with van der Waals surface area (Å²) in [6, 6.07) is 16.9. The van der Waals surface area contributed by atoms with Gasteiger partial charge in [0, 0.05) is 34.1 Å². The molecule has 0 bridgehead atoms. The molecule has 0 heterocycles. The number of halogens is 2. The van der Waals surface area contributed by atoms with E-state index in [9.17, 15) is 0 Å². The SMILES string of the molecule is C=C(N=CN(C)C)/C(=c1/ccccc1=CC)C1C=C(N=CN(C)C)C=Cc2ccccc21.[Cl][Fe][Cl]. The van der Waals surface area contributed by atoms with Crippen LogP contribution in [0.3, 0.4) is 0 Å². The van der Waals surface area contributed by atoms with Crippen LogP contribution in [0, 0.1) is 0 Å². The standard InChI is InChI=1S/C28H32N4.2ClH.Fe/c1-7-22-12-8-11-15-26(22)28(21(2)29-19-31(3)4)27-18-24(30-20-32(5)6)17-16-23-13-9-10-14-25(23)27;;;/h7-20,27H,2H2,1,3-6H3;2*1H;/q;;;+2/p-2/b22-7?,28-26+,29-19?,30-20?;;;. The minimum atomic E-state index is -0.0524. The van der Waals surface area contributed by atoms with Gasteiger partial charge >= 0.3 is 33.3 Å². The summed E-state index contributed by atoms with van der Waals surface area (Å²) in [5, 5.41) is 2.29. The maximum absolute atomic E-state index is 4.76. The molecular weight excluding hydrogens is 519 g/mol. The Morgan fingerprint density at radius 3 is 2.23 bits per heavy atom. The molecule has 1 unspecified atom stereocenters. The zero-order valence-electron chi connectivity index (χ0n) is 20.8. The molecule has 2 aromatic carbocycles. The van der Waals surface area contributed by atoms with E-state index in [1.54, 1.807) is 6.34 Å². The van der Waals surface area contributed by atoms with E-state index in [2.05, 4.69) is 86.3 Å². The molecular formula is C28H32Cl2FeN4. The van der Waals surface area contributed by atoms with Gasteiger partial charge in [0.2, 0.25) is 0 Å². The predicted molar refractivity (Wildman–Crippen MR) is 151 cm³/mol. The van der Waals surface area contributed by atoms with E-state index in [4.69, 9.17) is 30.2 Å². The van der Waals surface area contributed by atoms with Crippen molar-refractivity contribution in [2.45, 2.75) is 12.8 Å². The van der Waals surface area contributed by atoms with Crippen LogP contribution in [-0.2, 0) is 13.1 Å². The summed E-state index contributed by atoms with van der Waals surface area (Å²) < 4.78 is 0. The van der Waals surface area contributed by atoms with E-state index in [0.29, 0.717) is 0 Å². The van der Waals surface area contributed by atoms with Gasteiger partial charge in [-0.15, -0.1) is 0 Å². The average Bonchev–Trinajstić information content (AvgIpc) is 3.02. The molecule has 2 aromatic rings. The Hall–Kier alpha value is -2.56. The molecule has 0 radical (unpaired) electrons. The van der Waals surface area contributed by atoms with Gasteiger partial charge in [0.15, 0.2) is 0 Å². The first-order valence-electron chi connectivity index (χ1n) is 11.0. The third-order valence-corrected chi connectivity index (χ3v) is 5.17. The number of allylic oxidation sites excluding steroid dienone is 3. The normalized spacial score (nSPS) is 16.4. The second-order valence-corrected chi connectivity index (χ2v) is 10.1. The van der Waals surface area contributed by atoms with E-state index in [1.807, 2.05) is 44.3 Å². The molecule has 0 aromatic heterocycles. The topological polar surface area (TPSA) is 31.2 Å². The van der Waals surface area contributed by atoms with Crippen molar-refractivity contribution >= 4 is 50.6 Å². The summed E-state index contributed by atoms with van der Waals surface area (Å²) in [5.41, 5.74) is 5.09. The molecule has 35 heavy (non-hydrogen) atoms. The van der Waals surface area contributed by atoms with Crippen LogP contribution in [-0.4, -0.2) is 50.7 Å². The van der Waals surface area contributed by atoms with E-state index in [1.165, 1.54) is 11.1 Å². The Labute approximate surface area is 224 Å². The molecule has 186 valence electrons. The van der Waals surface area contributed by atoms with Crippen molar-refractivity contribution in [1.82, 2.24) is 9.80 Å². The van der Waals surface area contributed by atoms with Crippen LogP contribution < -0.4 is 10.4 Å². The van der Waals surface area contributed by atoms with Crippen molar-refractivity contribution in [3.05, 3.63) is 100 Å². The Balaban J connectivity index is 0.00000137. The van der Waals surface area contributed by atoms with Crippen LogP contribution in [0.2, 0.25) is 0 Å². The Morgan fingerprint density at radius 1 is 0.943 bits per heavy atom. The second-order valence-electron chi connectivity index (χ2n) is 8.23. The van der Waals surface area contributed by atoms with E-state index < -0.39 is 0 Å². The van der Waals surface area contributed by atoms with Crippen molar-refractivity contribution in [3.63, 3.8) is 0 Å². The molecule has 0 saturated heterocycles. The summed E-state index contributed by atoms with van der Waals surface area (Å²) in [6.45, 7) is 6.45. The summed E-state index contributed by atoms with van der Waals surface area (Å²) in [4.78, 5) is 13.3. The number of benzene rings is 2. The molecule has 0 amide bonds. The minimum absolute atomic E-state index is 0.0524. The third-order valence-electron chi connectivity index (χ3n) is 5.17. The number of rotatable bonds is 6. The molecule has 0 aliphatic heterocycles. The first-order chi connectivity index (χ1) is 16.8. The number of fused-ring (bicyclic) bond motifs is 1. The van der Waals surface area contributed by atoms with Crippen molar-refractivity contribution < 1.29 is 13.1 Å². The summed E-state index contributed by atoms with van der Waals surface area (Å²) in [7, 11) is 17.4. The number of aliphatic imine (C=N–C) groups is 2.